The number of hydrogen-bond acceptors (Lipinski definition) is 2. The van der Waals surface area contributed by atoms with Crippen molar-refractivity contribution in [3.63, 3.8) is 0 Å². The summed E-state index contributed by atoms with van der Waals surface area (Å²) in [7, 11) is 0. The Kier molecular flexibility index (Phi) is 5.63. The smallest absolute Gasteiger partial charge is 0.0412 e. The summed E-state index contributed by atoms with van der Waals surface area (Å²) in [5, 5.41) is 3.34. The maximum atomic E-state index is 4.73. The number of rotatable bonds is 6. The lowest BCUT2D eigenvalue weighted by molar-refractivity contribution is 0.406. The van der Waals surface area contributed by atoms with Crippen LogP contribution in [0.5, 0.6) is 0 Å². The van der Waals surface area contributed by atoms with Gasteiger partial charge in [-0.15, -0.1) is 0 Å². The Balaban J connectivity index is 2.48. The molecule has 0 fully saturated rings. The molecule has 1 rings (SSSR count). The molecule has 17 heavy (non-hydrogen) atoms. The predicted molar refractivity (Wildman–Crippen MR) is 74.3 cm³/mol. The minimum absolute atomic E-state index is 0.315. The molecule has 1 heterocycles. The van der Waals surface area contributed by atoms with E-state index < -0.39 is 0 Å². The van der Waals surface area contributed by atoms with Crippen LogP contribution in [0.3, 0.4) is 0 Å². The van der Waals surface area contributed by atoms with Crippen molar-refractivity contribution < 1.29 is 0 Å². The van der Waals surface area contributed by atoms with Crippen LogP contribution < -0.4 is 5.32 Å². The van der Waals surface area contributed by atoms with Gasteiger partial charge in [-0.3, -0.25) is 4.98 Å². The molecule has 1 N–H and O–H groups in total. The van der Waals surface area contributed by atoms with E-state index in [-0.39, 0.29) is 0 Å². The molecule has 96 valence electrons. The van der Waals surface area contributed by atoms with E-state index in [1.165, 1.54) is 17.8 Å². The largest absolute Gasteiger partial charge is 0.317 e. The molecule has 0 unspecified atom stereocenters. The summed E-state index contributed by atoms with van der Waals surface area (Å²) < 4.78 is 0. The first-order chi connectivity index (χ1) is 8.01. The molecule has 0 aliphatic heterocycles. The van der Waals surface area contributed by atoms with Crippen LogP contribution in [0.15, 0.2) is 18.2 Å². The third-order valence-electron chi connectivity index (χ3n) is 2.61. The van der Waals surface area contributed by atoms with Crippen molar-refractivity contribution in [1.82, 2.24) is 10.3 Å². The zero-order chi connectivity index (χ0) is 12.7. The zero-order valence-corrected chi connectivity index (χ0v) is 11.7. The molecule has 2 heteroatoms. The Morgan fingerprint density at radius 3 is 2.53 bits per heavy atom. The monoisotopic (exact) mass is 234 g/mol. The summed E-state index contributed by atoms with van der Waals surface area (Å²) in [4.78, 5) is 4.73. The average molecular weight is 234 g/mol. The van der Waals surface area contributed by atoms with Crippen LogP contribution in [-0.4, -0.2) is 18.1 Å². The molecule has 0 atom stereocenters. The second-order valence-corrected chi connectivity index (χ2v) is 5.81. The highest BCUT2D eigenvalue weighted by molar-refractivity contribution is 5.12. The van der Waals surface area contributed by atoms with Crippen molar-refractivity contribution in [2.75, 3.05) is 13.1 Å². The Morgan fingerprint density at radius 1 is 1.18 bits per heavy atom. The van der Waals surface area contributed by atoms with E-state index in [1.807, 2.05) is 0 Å². The summed E-state index contributed by atoms with van der Waals surface area (Å²) in [6, 6.07) is 6.41. The number of pyridine rings is 1. The highest BCUT2D eigenvalue weighted by Gasteiger charge is 2.12. The van der Waals surface area contributed by atoms with E-state index in [0.29, 0.717) is 5.41 Å². The fourth-order valence-electron chi connectivity index (χ4n) is 1.88. The lowest BCUT2D eigenvalue weighted by atomic mass is 9.90. The zero-order valence-electron chi connectivity index (χ0n) is 11.7. The first-order valence-electron chi connectivity index (χ1n) is 6.67. The fraction of sp³-hybridized carbons (Fsp3) is 0.667. The molecule has 1 aromatic heterocycles. The van der Waals surface area contributed by atoms with Gasteiger partial charge in [0.25, 0.3) is 0 Å². The topological polar surface area (TPSA) is 24.9 Å². The minimum Gasteiger partial charge on any atom is -0.317 e. The van der Waals surface area contributed by atoms with Crippen LogP contribution in [-0.2, 0) is 12.8 Å². The fourth-order valence-corrected chi connectivity index (χ4v) is 1.88. The maximum absolute atomic E-state index is 4.73. The normalized spacial score (nSPS) is 11.8. The van der Waals surface area contributed by atoms with E-state index in [1.54, 1.807) is 0 Å². The highest BCUT2D eigenvalue weighted by Crippen LogP contribution is 2.19. The average Bonchev–Trinajstić information content (AvgIpc) is 2.23. The van der Waals surface area contributed by atoms with E-state index in [9.17, 15) is 0 Å². The molecule has 0 aliphatic carbocycles. The molecule has 0 radical (unpaired) electrons. The van der Waals surface area contributed by atoms with Crippen LogP contribution in [0.25, 0.3) is 0 Å². The van der Waals surface area contributed by atoms with Crippen molar-refractivity contribution in [2.24, 2.45) is 5.41 Å². The number of aryl methyl sites for hydroxylation is 1. The lowest BCUT2D eigenvalue weighted by Gasteiger charge is -2.17. The van der Waals surface area contributed by atoms with Gasteiger partial charge in [-0.2, -0.15) is 0 Å². The SMILES string of the molecule is CCNCCCc1cccc(CC(C)(C)C)n1. The van der Waals surface area contributed by atoms with Crippen molar-refractivity contribution in [3.05, 3.63) is 29.6 Å². The number of nitrogens with zero attached hydrogens (tertiary/aromatic N) is 1. The third kappa shape index (κ3) is 6.42. The molecule has 2 nitrogen and oxygen atoms in total. The Bertz CT molecular complexity index is 326. The molecular weight excluding hydrogens is 208 g/mol. The van der Waals surface area contributed by atoms with Crippen molar-refractivity contribution in [3.8, 4) is 0 Å². The van der Waals surface area contributed by atoms with Crippen LogP contribution in [0.1, 0.15) is 45.5 Å². The Hall–Kier alpha value is -0.890. The van der Waals surface area contributed by atoms with Gasteiger partial charge in [-0.05, 0) is 49.9 Å². The number of aromatic nitrogens is 1. The maximum Gasteiger partial charge on any atom is 0.0412 e. The molecule has 0 bridgehead atoms. The molecule has 0 aromatic carbocycles. The van der Waals surface area contributed by atoms with Gasteiger partial charge in [0.15, 0.2) is 0 Å². The van der Waals surface area contributed by atoms with Gasteiger partial charge in [0, 0.05) is 11.4 Å². The van der Waals surface area contributed by atoms with Crippen LogP contribution in [0.4, 0.5) is 0 Å². The van der Waals surface area contributed by atoms with E-state index in [0.717, 1.165) is 25.9 Å². The second-order valence-electron chi connectivity index (χ2n) is 5.81. The first-order valence-corrected chi connectivity index (χ1v) is 6.67. The predicted octanol–water partition coefficient (Wildman–Crippen LogP) is 3.21. The summed E-state index contributed by atoms with van der Waals surface area (Å²) >= 11 is 0. The molecule has 0 spiro atoms. The minimum atomic E-state index is 0.315. The molecule has 0 saturated heterocycles. The third-order valence-corrected chi connectivity index (χ3v) is 2.61. The van der Waals surface area contributed by atoms with Crippen LogP contribution in [0.2, 0.25) is 0 Å². The van der Waals surface area contributed by atoms with Gasteiger partial charge in [0.05, 0.1) is 0 Å². The first kappa shape index (κ1) is 14.2. The second kappa shape index (κ2) is 6.75. The van der Waals surface area contributed by atoms with Crippen LogP contribution in [0, 0.1) is 5.41 Å². The van der Waals surface area contributed by atoms with Gasteiger partial charge in [-0.1, -0.05) is 33.8 Å². The summed E-state index contributed by atoms with van der Waals surface area (Å²) in [5.74, 6) is 0. The molecular formula is C15H26N2. The molecule has 0 aliphatic rings. The Morgan fingerprint density at radius 2 is 1.88 bits per heavy atom. The number of hydrogen-bond donors (Lipinski definition) is 1. The van der Waals surface area contributed by atoms with E-state index >= 15 is 0 Å². The van der Waals surface area contributed by atoms with Gasteiger partial charge >= 0.3 is 0 Å². The molecule has 1 aromatic rings. The summed E-state index contributed by atoms with van der Waals surface area (Å²) in [6.45, 7) is 11.0. The standard InChI is InChI=1S/C15H26N2/c1-5-16-11-7-10-13-8-6-9-14(17-13)12-15(2,3)4/h6,8-9,16H,5,7,10-12H2,1-4H3. The van der Waals surface area contributed by atoms with Crippen LogP contribution >= 0.6 is 0 Å². The van der Waals surface area contributed by atoms with Gasteiger partial charge in [0.2, 0.25) is 0 Å². The van der Waals surface area contributed by atoms with Gasteiger partial charge in [-0.25, -0.2) is 0 Å². The highest BCUT2D eigenvalue weighted by atomic mass is 14.8. The quantitative estimate of drug-likeness (QED) is 0.765. The summed E-state index contributed by atoms with van der Waals surface area (Å²) in [6.07, 6.45) is 3.29. The molecule has 0 saturated carbocycles. The summed E-state index contributed by atoms with van der Waals surface area (Å²) in [5.41, 5.74) is 2.76. The van der Waals surface area contributed by atoms with E-state index in [2.05, 4.69) is 51.2 Å². The lowest BCUT2D eigenvalue weighted by Crippen LogP contribution is -2.15. The van der Waals surface area contributed by atoms with Gasteiger partial charge in [0.1, 0.15) is 0 Å². The van der Waals surface area contributed by atoms with E-state index in [4.69, 9.17) is 4.98 Å². The molecule has 0 amide bonds. The van der Waals surface area contributed by atoms with Crippen molar-refractivity contribution >= 4 is 0 Å². The number of nitrogens with one attached hydrogen (secondary N) is 1. The van der Waals surface area contributed by atoms with Crippen molar-refractivity contribution in [1.29, 1.82) is 0 Å². The van der Waals surface area contributed by atoms with Gasteiger partial charge < -0.3 is 5.32 Å². The Labute approximate surface area is 106 Å². The van der Waals surface area contributed by atoms with Crippen molar-refractivity contribution in [2.45, 2.75) is 47.0 Å².